The smallest absolute Gasteiger partial charge is 0.234 e. The van der Waals surface area contributed by atoms with Gasteiger partial charge in [0.25, 0.3) is 0 Å². The number of hydrogen-bond donors (Lipinski definition) is 1. The number of anilines is 2. The Balaban J connectivity index is 1.54. The number of thioether (sulfide) groups is 1. The molecule has 1 aliphatic heterocycles. The number of benzene rings is 2. The summed E-state index contributed by atoms with van der Waals surface area (Å²) in [6.45, 7) is 8.78. The van der Waals surface area contributed by atoms with Crippen molar-refractivity contribution >= 4 is 29.0 Å². The standard InChI is InChI=1S/C22H28N2O3S/c1-4-24(16(2)3)18-8-6-17(7-9-18)23-22(25)15-28-19-10-11-20-21(14-19)27-13-5-12-26-20/h6-11,14,16H,4-5,12-13,15H2,1-3H3,(H,23,25). The zero-order valence-corrected chi connectivity index (χ0v) is 17.6. The lowest BCUT2D eigenvalue weighted by molar-refractivity contribution is -0.113. The molecule has 1 N–H and O–H groups in total. The number of nitrogens with zero attached hydrogens (tertiary/aromatic N) is 1. The molecule has 2 aromatic rings. The van der Waals surface area contributed by atoms with Gasteiger partial charge in [0.15, 0.2) is 11.5 Å². The van der Waals surface area contributed by atoms with E-state index in [0.29, 0.717) is 25.0 Å². The molecule has 0 unspecified atom stereocenters. The molecule has 0 spiro atoms. The zero-order valence-electron chi connectivity index (χ0n) is 16.7. The van der Waals surface area contributed by atoms with Crippen LogP contribution in [0.15, 0.2) is 47.4 Å². The highest BCUT2D eigenvalue weighted by atomic mass is 32.2. The summed E-state index contributed by atoms with van der Waals surface area (Å²) in [5.41, 5.74) is 1.98. The van der Waals surface area contributed by atoms with Gasteiger partial charge in [-0.25, -0.2) is 0 Å². The number of hydrogen-bond acceptors (Lipinski definition) is 5. The molecule has 0 saturated heterocycles. The molecular weight excluding hydrogens is 372 g/mol. The van der Waals surface area contributed by atoms with Gasteiger partial charge in [-0.05, 0) is 63.2 Å². The molecule has 2 aromatic carbocycles. The molecule has 0 atom stereocenters. The zero-order chi connectivity index (χ0) is 19.9. The van der Waals surface area contributed by atoms with Gasteiger partial charge in [-0.3, -0.25) is 4.79 Å². The molecule has 6 heteroatoms. The van der Waals surface area contributed by atoms with E-state index < -0.39 is 0 Å². The monoisotopic (exact) mass is 400 g/mol. The molecule has 0 radical (unpaired) electrons. The van der Waals surface area contributed by atoms with Crippen LogP contribution in [0.5, 0.6) is 11.5 Å². The van der Waals surface area contributed by atoms with Crippen molar-refractivity contribution in [1.82, 2.24) is 0 Å². The lowest BCUT2D eigenvalue weighted by Crippen LogP contribution is -2.30. The third-order valence-corrected chi connectivity index (χ3v) is 5.53. The van der Waals surface area contributed by atoms with Gasteiger partial charge in [0.2, 0.25) is 5.91 Å². The first-order valence-corrected chi connectivity index (χ1v) is 10.7. The molecular formula is C22H28N2O3S. The second-order valence-corrected chi connectivity index (χ2v) is 7.97. The van der Waals surface area contributed by atoms with Crippen LogP contribution < -0.4 is 19.7 Å². The van der Waals surface area contributed by atoms with E-state index in [0.717, 1.165) is 40.7 Å². The van der Waals surface area contributed by atoms with Gasteiger partial charge >= 0.3 is 0 Å². The molecule has 5 nitrogen and oxygen atoms in total. The highest BCUT2D eigenvalue weighted by Crippen LogP contribution is 2.33. The van der Waals surface area contributed by atoms with Gasteiger partial charge in [0, 0.05) is 35.3 Å². The molecule has 3 rings (SSSR count). The van der Waals surface area contributed by atoms with Crippen molar-refractivity contribution in [3.63, 3.8) is 0 Å². The second-order valence-electron chi connectivity index (χ2n) is 6.92. The predicted octanol–water partition coefficient (Wildman–Crippen LogP) is 4.81. The van der Waals surface area contributed by atoms with Gasteiger partial charge in [-0.15, -0.1) is 11.8 Å². The van der Waals surface area contributed by atoms with Crippen LogP contribution in [0, 0.1) is 0 Å². The van der Waals surface area contributed by atoms with Crippen molar-refractivity contribution in [2.75, 3.05) is 35.7 Å². The number of rotatable bonds is 7. The Labute approximate surface area is 171 Å². The first kappa shape index (κ1) is 20.4. The summed E-state index contributed by atoms with van der Waals surface area (Å²) in [7, 11) is 0. The minimum absolute atomic E-state index is 0.0268. The van der Waals surface area contributed by atoms with Crippen LogP contribution >= 0.6 is 11.8 Å². The minimum atomic E-state index is -0.0268. The van der Waals surface area contributed by atoms with E-state index in [2.05, 4.69) is 43.1 Å². The van der Waals surface area contributed by atoms with Crippen LogP contribution in [0.2, 0.25) is 0 Å². The van der Waals surface area contributed by atoms with Crippen LogP contribution in [-0.2, 0) is 4.79 Å². The Kier molecular flexibility index (Phi) is 7.09. The third-order valence-electron chi connectivity index (χ3n) is 4.54. The van der Waals surface area contributed by atoms with Gasteiger partial charge in [0.05, 0.1) is 19.0 Å². The molecule has 0 aromatic heterocycles. The van der Waals surface area contributed by atoms with E-state index >= 15 is 0 Å². The average molecular weight is 401 g/mol. The highest BCUT2D eigenvalue weighted by molar-refractivity contribution is 8.00. The maximum Gasteiger partial charge on any atom is 0.234 e. The van der Waals surface area contributed by atoms with Gasteiger partial charge in [0.1, 0.15) is 0 Å². The SMILES string of the molecule is CCN(c1ccc(NC(=O)CSc2ccc3c(c2)OCCCO3)cc1)C(C)C. The molecule has 28 heavy (non-hydrogen) atoms. The maximum atomic E-state index is 12.3. The van der Waals surface area contributed by atoms with E-state index in [9.17, 15) is 4.79 Å². The Bertz CT molecular complexity index is 793. The normalized spacial score (nSPS) is 13.1. The molecule has 0 saturated carbocycles. The van der Waals surface area contributed by atoms with Crippen molar-refractivity contribution in [2.45, 2.75) is 38.1 Å². The minimum Gasteiger partial charge on any atom is -0.490 e. The number of fused-ring (bicyclic) bond motifs is 1. The third kappa shape index (κ3) is 5.35. The summed E-state index contributed by atoms with van der Waals surface area (Å²) >= 11 is 1.49. The average Bonchev–Trinajstić information content (AvgIpc) is 2.93. The number of ether oxygens (including phenoxy) is 2. The Morgan fingerprint density at radius 1 is 1.11 bits per heavy atom. The molecule has 0 aliphatic carbocycles. The van der Waals surface area contributed by atoms with Crippen LogP contribution in [0.1, 0.15) is 27.2 Å². The number of nitrogens with one attached hydrogen (secondary N) is 1. The molecule has 150 valence electrons. The van der Waals surface area contributed by atoms with Gasteiger partial charge in [-0.2, -0.15) is 0 Å². The predicted molar refractivity (Wildman–Crippen MR) is 116 cm³/mol. The summed E-state index contributed by atoms with van der Waals surface area (Å²) in [5.74, 6) is 1.84. The molecule has 1 heterocycles. The van der Waals surface area contributed by atoms with Crippen molar-refractivity contribution < 1.29 is 14.3 Å². The highest BCUT2D eigenvalue weighted by Gasteiger charge is 2.12. The van der Waals surface area contributed by atoms with E-state index in [4.69, 9.17) is 9.47 Å². The summed E-state index contributed by atoms with van der Waals surface area (Å²) in [4.78, 5) is 15.6. The summed E-state index contributed by atoms with van der Waals surface area (Å²) < 4.78 is 11.3. The first-order chi connectivity index (χ1) is 13.6. The van der Waals surface area contributed by atoms with Crippen molar-refractivity contribution in [3.8, 4) is 11.5 Å². The summed E-state index contributed by atoms with van der Waals surface area (Å²) in [5, 5.41) is 2.96. The molecule has 0 fully saturated rings. The number of carbonyl (C=O) groups excluding carboxylic acids is 1. The fourth-order valence-corrected chi connectivity index (χ4v) is 3.89. The van der Waals surface area contributed by atoms with Crippen LogP contribution in [0.4, 0.5) is 11.4 Å². The van der Waals surface area contributed by atoms with E-state index in [-0.39, 0.29) is 5.91 Å². The van der Waals surface area contributed by atoms with Crippen molar-refractivity contribution in [1.29, 1.82) is 0 Å². The number of amides is 1. The van der Waals surface area contributed by atoms with E-state index in [1.54, 1.807) is 0 Å². The summed E-state index contributed by atoms with van der Waals surface area (Å²) in [6.07, 6.45) is 0.880. The Hall–Kier alpha value is -2.34. The molecule has 0 bridgehead atoms. The molecule has 1 amide bonds. The van der Waals surface area contributed by atoms with Crippen molar-refractivity contribution in [3.05, 3.63) is 42.5 Å². The second kappa shape index (κ2) is 9.73. The van der Waals surface area contributed by atoms with E-state index in [1.807, 2.05) is 30.3 Å². The lowest BCUT2D eigenvalue weighted by atomic mass is 10.2. The van der Waals surface area contributed by atoms with Crippen LogP contribution in [0.3, 0.4) is 0 Å². The quantitative estimate of drug-likeness (QED) is 0.676. The van der Waals surface area contributed by atoms with Gasteiger partial charge in [-0.1, -0.05) is 0 Å². The lowest BCUT2D eigenvalue weighted by Gasteiger charge is -2.27. The molecule has 1 aliphatic rings. The van der Waals surface area contributed by atoms with Crippen LogP contribution in [0.25, 0.3) is 0 Å². The van der Waals surface area contributed by atoms with Crippen molar-refractivity contribution in [2.24, 2.45) is 0 Å². The van der Waals surface area contributed by atoms with Gasteiger partial charge < -0.3 is 19.7 Å². The fraction of sp³-hybridized carbons (Fsp3) is 0.409. The van der Waals surface area contributed by atoms with Crippen LogP contribution in [-0.4, -0.2) is 37.5 Å². The first-order valence-electron chi connectivity index (χ1n) is 9.76. The maximum absolute atomic E-state index is 12.3. The largest absolute Gasteiger partial charge is 0.490 e. The topological polar surface area (TPSA) is 50.8 Å². The van der Waals surface area contributed by atoms with E-state index in [1.165, 1.54) is 11.8 Å². The Morgan fingerprint density at radius 2 is 1.82 bits per heavy atom. The Morgan fingerprint density at radius 3 is 2.50 bits per heavy atom. The fourth-order valence-electron chi connectivity index (χ4n) is 3.16. The summed E-state index contributed by atoms with van der Waals surface area (Å²) in [6, 6.07) is 14.3. The number of carbonyl (C=O) groups is 1.